The largest absolute Gasteiger partial charge is 0.416 e. The van der Waals surface area contributed by atoms with Crippen molar-refractivity contribution in [1.29, 1.82) is 0 Å². The van der Waals surface area contributed by atoms with Gasteiger partial charge >= 0.3 is 6.18 Å². The summed E-state index contributed by atoms with van der Waals surface area (Å²) in [5.74, 6) is 1.29. The van der Waals surface area contributed by atoms with Gasteiger partial charge in [-0.05, 0) is 48.1 Å². The standard InChI is InChI=1S/C22H23F3N4O/c23-22(24,25)18-7-6-17-13-29(9-8-16(17)10-18)21-11-20(27-14-28-21)26-12-19(30)15-4-2-1-3-5-15/h2,4-7,10-11,14,19,30H,1,3,8-9,12-13H2,(H,26,27,28)/t19-/m0/s1. The summed E-state index contributed by atoms with van der Waals surface area (Å²) in [6, 6.07) is 5.72. The summed E-state index contributed by atoms with van der Waals surface area (Å²) in [6.45, 7) is 1.39. The first-order chi connectivity index (χ1) is 14.4. The first-order valence-corrected chi connectivity index (χ1v) is 9.94. The molecule has 30 heavy (non-hydrogen) atoms. The highest BCUT2D eigenvalue weighted by molar-refractivity contribution is 5.51. The smallest absolute Gasteiger partial charge is 0.387 e. The average Bonchev–Trinajstić information content (AvgIpc) is 2.77. The van der Waals surface area contributed by atoms with Crippen molar-refractivity contribution in [2.75, 3.05) is 23.3 Å². The lowest BCUT2D eigenvalue weighted by atomic mass is 9.97. The van der Waals surface area contributed by atoms with Crippen molar-refractivity contribution in [3.8, 4) is 0 Å². The van der Waals surface area contributed by atoms with Crippen molar-refractivity contribution in [3.05, 3.63) is 71.1 Å². The number of benzene rings is 1. The second-order valence-corrected chi connectivity index (χ2v) is 7.49. The van der Waals surface area contributed by atoms with Crippen LogP contribution >= 0.6 is 0 Å². The number of aliphatic hydroxyl groups is 1. The van der Waals surface area contributed by atoms with Crippen LogP contribution in [0.3, 0.4) is 0 Å². The third-order valence-electron chi connectivity index (χ3n) is 5.41. The summed E-state index contributed by atoms with van der Waals surface area (Å²) in [5.41, 5.74) is 1.89. The van der Waals surface area contributed by atoms with E-state index in [1.165, 1.54) is 12.4 Å². The molecular weight excluding hydrogens is 393 g/mol. The van der Waals surface area contributed by atoms with Crippen LogP contribution in [0.15, 0.2) is 54.4 Å². The number of hydrogen-bond donors (Lipinski definition) is 2. The first kappa shape index (κ1) is 20.4. The molecule has 5 nitrogen and oxygen atoms in total. The van der Waals surface area contributed by atoms with Gasteiger partial charge in [0.1, 0.15) is 18.0 Å². The minimum Gasteiger partial charge on any atom is -0.387 e. The van der Waals surface area contributed by atoms with E-state index < -0.39 is 17.8 Å². The number of halogens is 3. The van der Waals surface area contributed by atoms with E-state index in [9.17, 15) is 18.3 Å². The van der Waals surface area contributed by atoms with Gasteiger partial charge in [-0.1, -0.05) is 24.3 Å². The van der Waals surface area contributed by atoms with Gasteiger partial charge in [-0.15, -0.1) is 0 Å². The highest BCUT2D eigenvalue weighted by Gasteiger charge is 2.31. The molecule has 4 rings (SSSR count). The van der Waals surface area contributed by atoms with Crippen molar-refractivity contribution >= 4 is 11.6 Å². The molecule has 158 valence electrons. The Balaban J connectivity index is 1.42. The predicted molar refractivity (Wildman–Crippen MR) is 109 cm³/mol. The zero-order valence-electron chi connectivity index (χ0n) is 16.4. The molecule has 0 bridgehead atoms. The zero-order chi connectivity index (χ0) is 21.1. The molecule has 0 saturated carbocycles. The third-order valence-corrected chi connectivity index (χ3v) is 5.41. The molecule has 0 fully saturated rings. The summed E-state index contributed by atoms with van der Waals surface area (Å²) < 4.78 is 38.8. The van der Waals surface area contributed by atoms with Gasteiger partial charge in [0.25, 0.3) is 0 Å². The van der Waals surface area contributed by atoms with E-state index in [-0.39, 0.29) is 0 Å². The minimum absolute atomic E-state index is 0.329. The lowest BCUT2D eigenvalue weighted by Gasteiger charge is -2.30. The average molecular weight is 416 g/mol. The highest BCUT2D eigenvalue weighted by atomic mass is 19.4. The van der Waals surface area contributed by atoms with Gasteiger partial charge in [0.05, 0.1) is 11.7 Å². The Hall–Kier alpha value is -2.87. The fourth-order valence-corrected chi connectivity index (χ4v) is 3.74. The lowest BCUT2D eigenvalue weighted by molar-refractivity contribution is -0.137. The maximum Gasteiger partial charge on any atom is 0.416 e. The number of aromatic nitrogens is 2. The zero-order valence-corrected chi connectivity index (χ0v) is 16.4. The van der Waals surface area contributed by atoms with E-state index >= 15 is 0 Å². The molecule has 1 aromatic carbocycles. The Bertz CT molecular complexity index is 971. The van der Waals surface area contributed by atoms with Crippen LogP contribution in [0.1, 0.15) is 29.5 Å². The van der Waals surface area contributed by atoms with Crippen LogP contribution in [0, 0.1) is 0 Å². The van der Waals surface area contributed by atoms with Gasteiger partial charge in [-0.3, -0.25) is 0 Å². The maximum atomic E-state index is 12.9. The molecule has 8 heteroatoms. The van der Waals surface area contributed by atoms with Gasteiger partial charge in [0, 0.05) is 25.7 Å². The number of hydrogen-bond acceptors (Lipinski definition) is 5. The molecule has 2 aromatic rings. The minimum atomic E-state index is -4.33. The van der Waals surface area contributed by atoms with Crippen LogP contribution in [0.5, 0.6) is 0 Å². The summed E-state index contributed by atoms with van der Waals surface area (Å²) in [4.78, 5) is 10.6. The number of anilines is 2. The molecule has 1 aliphatic heterocycles. The van der Waals surface area contributed by atoms with Crippen molar-refractivity contribution < 1.29 is 18.3 Å². The molecule has 2 N–H and O–H groups in total. The third kappa shape index (κ3) is 4.64. The molecule has 1 aromatic heterocycles. The molecule has 0 radical (unpaired) electrons. The summed E-state index contributed by atoms with van der Waals surface area (Å²) >= 11 is 0. The Morgan fingerprint density at radius 2 is 2.00 bits per heavy atom. The van der Waals surface area contributed by atoms with E-state index in [0.717, 1.165) is 35.6 Å². The molecule has 2 heterocycles. The van der Waals surface area contributed by atoms with Crippen LogP contribution in [-0.2, 0) is 19.1 Å². The molecule has 0 unspecified atom stereocenters. The number of nitrogens with zero attached hydrogens (tertiary/aromatic N) is 3. The van der Waals surface area contributed by atoms with Gasteiger partial charge in [-0.25, -0.2) is 9.97 Å². The summed E-state index contributed by atoms with van der Waals surface area (Å²) in [6.07, 6.45) is 4.98. The topological polar surface area (TPSA) is 61.3 Å². The number of aliphatic hydroxyl groups excluding tert-OH is 1. The van der Waals surface area contributed by atoms with E-state index in [4.69, 9.17) is 0 Å². The van der Waals surface area contributed by atoms with E-state index in [1.54, 1.807) is 12.1 Å². The number of rotatable bonds is 5. The number of nitrogens with one attached hydrogen (secondary N) is 1. The first-order valence-electron chi connectivity index (χ1n) is 9.94. The molecule has 1 atom stereocenters. The van der Waals surface area contributed by atoms with Gasteiger partial charge in [0.2, 0.25) is 0 Å². The van der Waals surface area contributed by atoms with Crippen molar-refractivity contribution in [2.24, 2.45) is 0 Å². The van der Waals surface area contributed by atoms with Crippen molar-refractivity contribution in [3.63, 3.8) is 0 Å². The fourth-order valence-electron chi connectivity index (χ4n) is 3.74. The van der Waals surface area contributed by atoms with Crippen LogP contribution in [-0.4, -0.2) is 34.3 Å². The number of fused-ring (bicyclic) bond motifs is 1. The van der Waals surface area contributed by atoms with Crippen LogP contribution < -0.4 is 10.2 Å². The number of alkyl halides is 3. The van der Waals surface area contributed by atoms with Crippen LogP contribution in [0.25, 0.3) is 0 Å². The number of allylic oxidation sites excluding steroid dienone is 2. The molecule has 2 aliphatic rings. The Morgan fingerprint density at radius 3 is 2.77 bits per heavy atom. The van der Waals surface area contributed by atoms with E-state index in [1.807, 2.05) is 23.1 Å². The Labute approximate surface area is 173 Å². The SMILES string of the molecule is O[C@@H](CNc1cc(N2CCc3cc(C(F)(F)F)ccc3C2)ncn1)C1=CCCC=C1. The van der Waals surface area contributed by atoms with Gasteiger partial charge < -0.3 is 15.3 Å². The normalized spacial score (nSPS) is 17.3. The molecular formula is C22H23F3N4O. The van der Waals surface area contributed by atoms with E-state index in [0.29, 0.717) is 37.7 Å². The van der Waals surface area contributed by atoms with Gasteiger partial charge in [-0.2, -0.15) is 13.2 Å². The molecule has 0 saturated heterocycles. The highest BCUT2D eigenvalue weighted by Crippen LogP contribution is 2.32. The van der Waals surface area contributed by atoms with E-state index in [2.05, 4.69) is 15.3 Å². The summed E-state index contributed by atoms with van der Waals surface area (Å²) in [7, 11) is 0. The van der Waals surface area contributed by atoms with Crippen molar-refractivity contribution in [2.45, 2.75) is 38.1 Å². The van der Waals surface area contributed by atoms with Crippen molar-refractivity contribution in [1.82, 2.24) is 9.97 Å². The summed E-state index contributed by atoms with van der Waals surface area (Å²) in [5, 5.41) is 13.5. The molecule has 1 aliphatic carbocycles. The quantitative estimate of drug-likeness (QED) is 0.768. The maximum absolute atomic E-state index is 12.9. The van der Waals surface area contributed by atoms with Crippen LogP contribution in [0.4, 0.5) is 24.8 Å². The molecule has 0 amide bonds. The predicted octanol–water partition coefficient (Wildman–Crippen LogP) is 4.11. The lowest BCUT2D eigenvalue weighted by Crippen LogP contribution is -2.31. The second-order valence-electron chi connectivity index (χ2n) is 7.49. The molecule has 0 spiro atoms. The Kier molecular flexibility index (Phi) is 5.76. The van der Waals surface area contributed by atoms with Gasteiger partial charge in [0.15, 0.2) is 0 Å². The Morgan fingerprint density at radius 1 is 1.13 bits per heavy atom. The monoisotopic (exact) mass is 416 g/mol. The second kappa shape index (κ2) is 8.47. The van der Waals surface area contributed by atoms with Crippen LogP contribution in [0.2, 0.25) is 0 Å². The fraction of sp³-hybridized carbons (Fsp3) is 0.364.